The molecular formula is C11H12N6O2S. The van der Waals surface area contributed by atoms with Gasteiger partial charge in [0.1, 0.15) is 12.0 Å². The Hall–Kier alpha value is -2.42. The van der Waals surface area contributed by atoms with Gasteiger partial charge in [0.15, 0.2) is 0 Å². The van der Waals surface area contributed by atoms with E-state index in [0.29, 0.717) is 4.96 Å². The molecule has 0 aliphatic heterocycles. The van der Waals surface area contributed by atoms with Gasteiger partial charge in [0.2, 0.25) is 5.82 Å². The molecule has 0 aliphatic rings. The summed E-state index contributed by atoms with van der Waals surface area (Å²) < 4.78 is 1.47. The fourth-order valence-electron chi connectivity index (χ4n) is 2.04. The zero-order valence-corrected chi connectivity index (χ0v) is 11.4. The van der Waals surface area contributed by atoms with Crippen LogP contribution in [-0.4, -0.2) is 24.3 Å². The molecule has 0 spiro atoms. The van der Waals surface area contributed by atoms with E-state index in [4.69, 9.17) is 0 Å². The summed E-state index contributed by atoms with van der Waals surface area (Å²) in [5.74, 6) is 0.953. The maximum Gasteiger partial charge on any atom is 0.372 e. The third-order valence-electron chi connectivity index (χ3n) is 2.98. The lowest BCUT2D eigenvalue weighted by atomic mass is 10.2. The third-order valence-corrected chi connectivity index (χ3v) is 3.74. The van der Waals surface area contributed by atoms with E-state index in [0.717, 1.165) is 12.2 Å². The number of nitrogens with zero attached hydrogens (tertiary/aromatic N) is 4. The van der Waals surface area contributed by atoms with Crippen molar-refractivity contribution in [2.24, 2.45) is 0 Å². The van der Waals surface area contributed by atoms with E-state index in [2.05, 4.69) is 20.3 Å². The molecule has 1 atom stereocenters. The highest BCUT2D eigenvalue weighted by Gasteiger charge is 2.26. The van der Waals surface area contributed by atoms with Crippen LogP contribution < -0.4 is 5.32 Å². The Morgan fingerprint density at radius 2 is 2.50 bits per heavy atom. The number of aromatic nitrogens is 4. The molecule has 20 heavy (non-hydrogen) atoms. The van der Waals surface area contributed by atoms with Gasteiger partial charge in [-0.3, -0.25) is 0 Å². The van der Waals surface area contributed by atoms with Crippen LogP contribution in [0.5, 0.6) is 0 Å². The van der Waals surface area contributed by atoms with E-state index in [-0.39, 0.29) is 17.7 Å². The number of nitro groups is 1. The maximum absolute atomic E-state index is 11.2. The lowest BCUT2D eigenvalue weighted by molar-refractivity contribution is -0.389. The number of fused-ring (bicyclic) bond motifs is 1. The SMILES string of the molecule is CCC(Nc1nc2sccn2c1[N+](=O)[O-])c1ncc[nH]1. The number of hydrogen-bond donors (Lipinski definition) is 2. The first kappa shape index (κ1) is 12.6. The van der Waals surface area contributed by atoms with Gasteiger partial charge < -0.3 is 20.4 Å². The monoisotopic (exact) mass is 292 g/mol. The summed E-state index contributed by atoms with van der Waals surface area (Å²) in [7, 11) is 0. The molecule has 3 aromatic heterocycles. The van der Waals surface area contributed by atoms with Crippen molar-refractivity contribution in [3.8, 4) is 0 Å². The molecule has 0 aromatic carbocycles. The average Bonchev–Trinajstić information content (AvgIpc) is 3.11. The zero-order valence-electron chi connectivity index (χ0n) is 10.6. The Morgan fingerprint density at radius 1 is 1.65 bits per heavy atom. The van der Waals surface area contributed by atoms with Crippen LogP contribution >= 0.6 is 11.3 Å². The standard InChI is InChI=1S/C11H12N6O2S/c1-2-7(8-12-3-4-13-8)14-9-10(17(18)19)16-5-6-20-11(16)15-9/h3-7,14H,2H2,1H3,(H,12,13). The van der Waals surface area contributed by atoms with Crippen molar-refractivity contribution < 1.29 is 4.92 Å². The lowest BCUT2D eigenvalue weighted by Gasteiger charge is -2.13. The molecule has 3 aromatic rings. The number of rotatable bonds is 5. The highest BCUT2D eigenvalue weighted by Crippen LogP contribution is 2.31. The summed E-state index contributed by atoms with van der Waals surface area (Å²) in [5, 5.41) is 16.1. The molecule has 2 N–H and O–H groups in total. The van der Waals surface area contributed by atoms with Gasteiger partial charge in [0, 0.05) is 17.8 Å². The second kappa shape index (κ2) is 4.93. The van der Waals surface area contributed by atoms with Gasteiger partial charge in [-0.1, -0.05) is 18.3 Å². The minimum absolute atomic E-state index is 0.0498. The van der Waals surface area contributed by atoms with Crippen LogP contribution in [-0.2, 0) is 0 Å². The van der Waals surface area contributed by atoms with Crippen LogP contribution in [0.4, 0.5) is 11.6 Å². The van der Waals surface area contributed by atoms with Gasteiger partial charge in [-0.15, -0.1) is 0 Å². The average molecular weight is 292 g/mol. The maximum atomic E-state index is 11.2. The van der Waals surface area contributed by atoms with Crippen molar-refractivity contribution in [2.45, 2.75) is 19.4 Å². The van der Waals surface area contributed by atoms with E-state index >= 15 is 0 Å². The Morgan fingerprint density at radius 3 is 3.15 bits per heavy atom. The van der Waals surface area contributed by atoms with Crippen LogP contribution in [0.1, 0.15) is 25.2 Å². The molecule has 0 amide bonds. The number of hydrogen-bond acceptors (Lipinski definition) is 6. The molecule has 0 aliphatic carbocycles. The van der Waals surface area contributed by atoms with E-state index in [1.807, 2.05) is 6.92 Å². The number of anilines is 1. The van der Waals surface area contributed by atoms with Crippen molar-refractivity contribution >= 4 is 27.9 Å². The summed E-state index contributed by atoms with van der Waals surface area (Å²) in [5.41, 5.74) is 0. The second-order valence-electron chi connectivity index (χ2n) is 4.18. The summed E-state index contributed by atoms with van der Waals surface area (Å²) in [6.45, 7) is 1.98. The normalized spacial score (nSPS) is 12.7. The van der Waals surface area contributed by atoms with Crippen LogP contribution in [0.3, 0.4) is 0 Å². The fraction of sp³-hybridized carbons (Fsp3) is 0.273. The van der Waals surface area contributed by atoms with E-state index in [1.165, 1.54) is 15.7 Å². The summed E-state index contributed by atoms with van der Waals surface area (Å²) in [6.07, 6.45) is 5.75. The fourth-order valence-corrected chi connectivity index (χ4v) is 2.75. The van der Waals surface area contributed by atoms with E-state index < -0.39 is 4.92 Å². The summed E-state index contributed by atoms with van der Waals surface area (Å²) >= 11 is 1.36. The topological polar surface area (TPSA) is 101 Å². The minimum atomic E-state index is -0.427. The third kappa shape index (κ3) is 2.01. The molecule has 0 saturated heterocycles. The molecular weight excluding hydrogens is 280 g/mol. The minimum Gasteiger partial charge on any atom is -0.358 e. The summed E-state index contributed by atoms with van der Waals surface area (Å²) in [6, 6.07) is -0.145. The molecule has 0 radical (unpaired) electrons. The molecule has 0 fully saturated rings. The Labute approximate surface area is 117 Å². The predicted octanol–water partition coefficient (Wildman–Crippen LogP) is 2.59. The molecule has 8 nitrogen and oxygen atoms in total. The Kier molecular flexibility index (Phi) is 3.11. The highest BCUT2D eigenvalue weighted by atomic mass is 32.1. The quantitative estimate of drug-likeness (QED) is 0.556. The van der Waals surface area contributed by atoms with Gasteiger partial charge in [-0.05, 0) is 11.3 Å². The number of H-pyrrole nitrogens is 1. The first-order valence-corrected chi connectivity index (χ1v) is 6.94. The van der Waals surface area contributed by atoms with Crippen molar-refractivity contribution in [3.63, 3.8) is 0 Å². The van der Waals surface area contributed by atoms with Crippen LogP contribution in [0, 0.1) is 10.1 Å². The zero-order chi connectivity index (χ0) is 14.1. The van der Waals surface area contributed by atoms with Gasteiger partial charge >= 0.3 is 5.82 Å². The number of imidazole rings is 2. The molecule has 104 valence electrons. The first-order chi connectivity index (χ1) is 9.70. The van der Waals surface area contributed by atoms with Crippen LogP contribution in [0.25, 0.3) is 4.96 Å². The van der Waals surface area contributed by atoms with Crippen LogP contribution in [0.15, 0.2) is 24.0 Å². The van der Waals surface area contributed by atoms with Crippen molar-refractivity contribution in [3.05, 3.63) is 39.9 Å². The van der Waals surface area contributed by atoms with Gasteiger partial charge in [0.25, 0.3) is 4.96 Å². The Balaban J connectivity index is 1.99. The second-order valence-corrected chi connectivity index (χ2v) is 5.05. The lowest BCUT2D eigenvalue weighted by Crippen LogP contribution is -2.12. The molecule has 9 heteroatoms. The smallest absolute Gasteiger partial charge is 0.358 e. The molecule has 3 rings (SSSR count). The van der Waals surface area contributed by atoms with Crippen molar-refractivity contribution in [1.29, 1.82) is 0 Å². The molecule has 0 bridgehead atoms. The largest absolute Gasteiger partial charge is 0.372 e. The number of aromatic amines is 1. The van der Waals surface area contributed by atoms with E-state index in [1.54, 1.807) is 24.0 Å². The highest BCUT2D eigenvalue weighted by molar-refractivity contribution is 7.15. The molecule has 3 heterocycles. The van der Waals surface area contributed by atoms with Gasteiger partial charge in [0.05, 0.1) is 6.04 Å². The number of thiazole rings is 1. The summed E-state index contributed by atoms with van der Waals surface area (Å²) in [4.78, 5) is 22.9. The number of nitrogens with one attached hydrogen (secondary N) is 2. The van der Waals surface area contributed by atoms with E-state index in [9.17, 15) is 10.1 Å². The van der Waals surface area contributed by atoms with Gasteiger partial charge in [-0.25, -0.2) is 4.98 Å². The Bertz CT molecular complexity index is 731. The van der Waals surface area contributed by atoms with Gasteiger partial charge in [-0.2, -0.15) is 9.38 Å². The van der Waals surface area contributed by atoms with Crippen LogP contribution in [0.2, 0.25) is 0 Å². The first-order valence-electron chi connectivity index (χ1n) is 6.06. The molecule has 0 saturated carbocycles. The van der Waals surface area contributed by atoms with Crippen molar-refractivity contribution in [1.82, 2.24) is 19.4 Å². The predicted molar refractivity (Wildman–Crippen MR) is 75.0 cm³/mol. The molecule has 1 unspecified atom stereocenters. The van der Waals surface area contributed by atoms with Crippen molar-refractivity contribution in [2.75, 3.05) is 5.32 Å².